The molecule has 0 spiro atoms. The third kappa shape index (κ3) is 3.15. The van der Waals surface area contributed by atoms with E-state index in [2.05, 4.69) is 0 Å². The fourth-order valence-electron chi connectivity index (χ4n) is 4.04. The minimum Gasteiger partial charge on any atom is -0.493 e. The topological polar surface area (TPSA) is 86.6 Å². The first kappa shape index (κ1) is 18.9. The van der Waals surface area contributed by atoms with E-state index in [1.165, 1.54) is 0 Å². The van der Waals surface area contributed by atoms with Crippen LogP contribution in [0.5, 0.6) is 23.0 Å². The first-order chi connectivity index (χ1) is 13.7. The van der Waals surface area contributed by atoms with Gasteiger partial charge in [-0.3, -0.25) is 0 Å². The van der Waals surface area contributed by atoms with Crippen molar-refractivity contribution in [3.05, 3.63) is 47.5 Å². The Morgan fingerprint density at radius 3 is 2.07 bits per heavy atom. The molecule has 2 aliphatic rings. The molecule has 1 fully saturated rings. The second kappa shape index (κ2) is 7.87. The molecule has 7 nitrogen and oxygen atoms in total. The standard InChI is InChI=1S/C21H24O7/c1-24-16-5-3-12(7-18(16)25-2)20-14(9-22)15(10-23)21(28-20)13-4-6-17-19(8-13)27-11-26-17/h3-8,14-15,20-23H,9-11H2,1-2H3/t14-,15+,20+,21-/m1/s1. The van der Waals surface area contributed by atoms with Gasteiger partial charge in [-0.25, -0.2) is 0 Å². The van der Waals surface area contributed by atoms with Gasteiger partial charge in [0.05, 0.1) is 26.4 Å². The third-order valence-corrected chi connectivity index (χ3v) is 5.50. The molecule has 7 heteroatoms. The summed E-state index contributed by atoms with van der Waals surface area (Å²) in [5.41, 5.74) is 1.74. The van der Waals surface area contributed by atoms with Crippen LogP contribution in [0.25, 0.3) is 0 Å². The Kier molecular flexibility index (Phi) is 5.30. The molecule has 2 N–H and O–H groups in total. The summed E-state index contributed by atoms with van der Waals surface area (Å²) in [7, 11) is 3.16. The van der Waals surface area contributed by atoms with Crippen LogP contribution < -0.4 is 18.9 Å². The zero-order chi connectivity index (χ0) is 19.7. The Balaban J connectivity index is 1.68. The van der Waals surface area contributed by atoms with Gasteiger partial charge in [-0.1, -0.05) is 12.1 Å². The summed E-state index contributed by atoms with van der Waals surface area (Å²) in [6.07, 6.45) is -0.771. The summed E-state index contributed by atoms with van der Waals surface area (Å²) in [5, 5.41) is 20.1. The van der Waals surface area contributed by atoms with Gasteiger partial charge in [-0.05, 0) is 35.4 Å². The summed E-state index contributed by atoms with van der Waals surface area (Å²) in [4.78, 5) is 0. The van der Waals surface area contributed by atoms with Crippen molar-refractivity contribution in [1.29, 1.82) is 0 Å². The lowest BCUT2D eigenvalue weighted by Gasteiger charge is -2.21. The van der Waals surface area contributed by atoms with E-state index in [1.807, 2.05) is 36.4 Å². The summed E-state index contributed by atoms with van der Waals surface area (Å²) in [6, 6.07) is 11.2. The molecule has 0 amide bonds. The molecule has 2 aromatic carbocycles. The van der Waals surface area contributed by atoms with Gasteiger partial charge in [0.1, 0.15) is 0 Å². The number of aliphatic hydroxyl groups excluding tert-OH is 2. The first-order valence-corrected chi connectivity index (χ1v) is 9.18. The number of hydrogen-bond donors (Lipinski definition) is 2. The molecule has 2 aromatic rings. The zero-order valence-corrected chi connectivity index (χ0v) is 15.8. The molecule has 4 rings (SSSR count). The highest BCUT2D eigenvalue weighted by atomic mass is 16.7. The maximum atomic E-state index is 10.1. The van der Waals surface area contributed by atoms with E-state index in [0.717, 1.165) is 11.1 Å². The molecule has 0 radical (unpaired) electrons. The lowest BCUT2D eigenvalue weighted by Crippen LogP contribution is -2.23. The summed E-state index contributed by atoms with van der Waals surface area (Å²) in [5.74, 6) is 2.04. The molecular formula is C21H24O7. The van der Waals surface area contributed by atoms with Crippen molar-refractivity contribution in [2.45, 2.75) is 12.2 Å². The van der Waals surface area contributed by atoms with Crippen LogP contribution in [0.1, 0.15) is 23.3 Å². The predicted octanol–water partition coefficient (Wildman–Crippen LogP) is 2.46. The van der Waals surface area contributed by atoms with E-state index >= 15 is 0 Å². The van der Waals surface area contributed by atoms with E-state index in [9.17, 15) is 10.2 Å². The Morgan fingerprint density at radius 1 is 0.821 bits per heavy atom. The van der Waals surface area contributed by atoms with Crippen LogP contribution in [0.3, 0.4) is 0 Å². The predicted molar refractivity (Wildman–Crippen MR) is 99.8 cm³/mol. The molecule has 1 saturated heterocycles. The van der Waals surface area contributed by atoms with Crippen LogP contribution in [-0.4, -0.2) is 44.4 Å². The van der Waals surface area contributed by atoms with E-state index in [-0.39, 0.29) is 37.9 Å². The maximum absolute atomic E-state index is 10.1. The number of benzene rings is 2. The fraction of sp³-hybridized carbons (Fsp3) is 0.429. The quantitative estimate of drug-likeness (QED) is 0.786. The second-order valence-electron chi connectivity index (χ2n) is 6.90. The van der Waals surface area contributed by atoms with E-state index in [4.69, 9.17) is 23.7 Å². The molecular weight excluding hydrogens is 364 g/mol. The van der Waals surface area contributed by atoms with Crippen LogP contribution in [-0.2, 0) is 4.74 Å². The first-order valence-electron chi connectivity index (χ1n) is 9.18. The smallest absolute Gasteiger partial charge is 0.231 e. The van der Waals surface area contributed by atoms with Crippen LogP contribution >= 0.6 is 0 Å². The highest BCUT2D eigenvalue weighted by molar-refractivity contribution is 5.46. The molecule has 0 saturated carbocycles. The van der Waals surface area contributed by atoms with Crippen molar-refractivity contribution in [1.82, 2.24) is 0 Å². The van der Waals surface area contributed by atoms with Gasteiger partial charge in [-0.15, -0.1) is 0 Å². The molecule has 0 unspecified atom stereocenters. The minimum absolute atomic E-state index is 0.103. The highest BCUT2D eigenvalue weighted by Gasteiger charge is 2.45. The van der Waals surface area contributed by atoms with E-state index in [1.54, 1.807) is 14.2 Å². The lowest BCUT2D eigenvalue weighted by molar-refractivity contribution is 0.0183. The average molecular weight is 388 g/mol. The van der Waals surface area contributed by atoms with Crippen molar-refractivity contribution in [2.75, 3.05) is 34.2 Å². The summed E-state index contributed by atoms with van der Waals surface area (Å²) < 4.78 is 27.9. The molecule has 28 heavy (non-hydrogen) atoms. The number of hydrogen-bond acceptors (Lipinski definition) is 7. The van der Waals surface area contributed by atoms with Crippen molar-refractivity contribution >= 4 is 0 Å². The summed E-state index contributed by atoms with van der Waals surface area (Å²) in [6.45, 7) is -0.0132. The summed E-state index contributed by atoms with van der Waals surface area (Å²) >= 11 is 0. The van der Waals surface area contributed by atoms with Gasteiger partial charge in [0.15, 0.2) is 23.0 Å². The normalized spacial score (nSPS) is 25.7. The van der Waals surface area contributed by atoms with Gasteiger partial charge >= 0.3 is 0 Å². The molecule has 0 aliphatic carbocycles. The van der Waals surface area contributed by atoms with Gasteiger partial charge < -0.3 is 33.9 Å². The van der Waals surface area contributed by atoms with E-state index in [0.29, 0.717) is 23.0 Å². The van der Waals surface area contributed by atoms with Gasteiger partial charge in [-0.2, -0.15) is 0 Å². The van der Waals surface area contributed by atoms with Gasteiger partial charge in [0.25, 0.3) is 0 Å². The molecule has 0 bridgehead atoms. The van der Waals surface area contributed by atoms with Crippen LogP contribution in [0.2, 0.25) is 0 Å². The Hall–Kier alpha value is -2.48. The number of aliphatic hydroxyl groups is 2. The van der Waals surface area contributed by atoms with Crippen molar-refractivity contribution in [3.8, 4) is 23.0 Å². The average Bonchev–Trinajstić information content (AvgIpc) is 3.36. The number of rotatable bonds is 6. The second-order valence-corrected chi connectivity index (χ2v) is 6.90. The molecule has 2 aliphatic heterocycles. The number of fused-ring (bicyclic) bond motifs is 1. The third-order valence-electron chi connectivity index (χ3n) is 5.50. The monoisotopic (exact) mass is 388 g/mol. The molecule has 4 atom stereocenters. The minimum atomic E-state index is -0.391. The van der Waals surface area contributed by atoms with E-state index < -0.39 is 6.10 Å². The Bertz CT molecular complexity index is 837. The Morgan fingerprint density at radius 2 is 1.43 bits per heavy atom. The molecule has 150 valence electrons. The molecule has 2 heterocycles. The SMILES string of the molecule is COc1ccc([C@@H]2O[C@H](c3ccc4c(c3)OCO4)[C@@H](CO)[C@H]2CO)cc1OC. The number of methoxy groups -OCH3 is 2. The largest absolute Gasteiger partial charge is 0.493 e. The van der Waals surface area contributed by atoms with Gasteiger partial charge in [0.2, 0.25) is 6.79 Å². The fourth-order valence-corrected chi connectivity index (χ4v) is 4.04. The lowest BCUT2D eigenvalue weighted by atomic mass is 9.83. The van der Waals surface area contributed by atoms with Crippen molar-refractivity contribution < 1.29 is 33.9 Å². The van der Waals surface area contributed by atoms with Gasteiger partial charge in [0, 0.05) is 25.0 Å². The zero-order valence-electron chi connectivity index (χ0n) is 15.8. The maximum Gasteiger partial charge on any atom is 0.231 e. The van der Waals surface area contributed by atoms with Crippen molar-refractivity contribution in [3.63, 3.8) is 0 Å². The number of ether oxygens (including phenoxy) is 5. The molecule has 0 aromatic heterocycles. The van der Waals surface area contributed by atoms with Crippen LogP contribution in [0, 0.1) is 11.8 Å². The Labute approximate surface area is 163 Å². The van der Waals surface area contributed by atoms with Crippen molar-refractivity contribution in [2.24, 2.45) is 11.8 Å². The van der Waals surface area contributed by atoms with Crippen LogP contribution in [0.4, 0.5) is 0 Å². The highest BCUT2D eigenvalue weighted by Crippen LogP contribution is 2.51. The van der Waals surface area contributed by atoms with Crippen LogP contribution in [0.15, 0.2) is 36.4 Å².